The van der Waals surface area contributed by atoms with Gasteiger partial charge in [0.1, 0.15) is 0 Å². The van der Waals surface area contributed by atoms with Gasteiger partial charge in [0.05, 0.1) is 19.0 Å². The molecule has 0 spiro atoms. The molecular formula is C9H16N2O2. The smallest absolute Gasteiger partial charge is 0.0946 e. The third kappa shape index (κ3) is 2.82. The number of aliphatic hydroxyl groups excluding tert-OH is 1. The number of aliphatic hydroxyl groups is 1. The molecular weight excluding hydrogens is 168 g/mol. The van der Waals surface area contributed by atoms with Crippen molar-refractivity contribution in [1.29, 1.82) is 0 Å². The number of hydrogen-bond donors (Lipinski definition) is 1. The molecule has 1 rings (SSSR count). The Morgan fingerprint density at radius 1 is 1.62 bits per heavy atom. The summed E-state index contributed by atoms with van der Waals surface area (Å²) < 4.78 is 7.10. The summed E-state index contributed by atoms with van der Waals surface area (Å²) in [5.41, 5.74) is 0. The average Bonchev–Trinajstić information content (AvgIpc) is 2.59. The van der Waals surface area contributed by atoms with Crippen molar-refractivity contribution in [3.8, 4) is 0 Å². The fourth-order valence-corrected chi connectivity index (χ4v) is 1.33. The molecule has 1 aromatic rings. The van der Waals surface area contributed by atoms with Crippen molar-refractivity contribution in [1.82, 2.24) is 9.55 Å². The van der Waals surface area contributed by atoms with E-state index in [9.17, 15) is 0 Å². The van der Waals surface area contributed by atoms with Gasteiger partial charge < -0.3 is 14.4 Å². The summed E-state index contributed by atoms with van der Waals surface area (Å²) in [5.74, 6) is 0.282. The zero-order valence-corrected chi connectivity index (χ0v) is 8.05. The van der Waals surface area contributed by atoms with Crippen molar-refractivity contribution in [2.75, 3.05) is 13.7 Å². The maximum atomic E-state index is 8.98. The number of methoxy groups -OCH3 is 1. The van der Waals surface area contributed by atoms with Gasteiger partial charge in [-0.3, -0.25) is 0 Å². The molecule has 4 nitrogen and oxygen atoms in total. The van der Waals surface area contributed by atoms with Gasteiger partial charge in [-0.05, 0) is 0 Å². The number of ether oxygens (including phenoxy) is 1. The second kappa shape index (κ2) is 4.99. The molecule has 1 heterocycles. The quantitative estimate of drug-likeness (QED) is 0.726. The highest BCUT2D eigenvalue weighted by Crippen LogP contribution is 2.08. The largest absolute Gasteiger partial charge is 0.394 e. The van der Waals surface area contributed by atoms with Crippen LogP contribution >= 0.6 is 0 Å². The Morgan fingerprint density at radius 2 is 2.38 bits per heavy atom. The zero-order valence-electron chi connectivity index (χ0n) is 8.05. The summed E-state index contributed by atoms with van der Waals surface area (Å²) in [7, 11) is 1.62. The minimum atomic E-state index is -0.0950. The summed E-state index contributed by atoms with van der Waals surface area (Å²) in [5, 5.41) is 8.98. The van der Waals surface area contributed by atoms with E-state index in [0.29, 0.717) is 0 Å². The number of imidazole rings is 1. The van der Waals surface area contributed by atoms with Crippen LogP contribution in [-0.2, 0) is 11.3 Å². The normalized spacial score (nSPS) is 15.6. The predicted octanol–water partition coefficient (Wildman–Crippen LogP) is 0.526. The molecule has 0 aliphatic rings. The Kier molecular flexibility index (Phi) is 3.92. The van der Waals surface area contributed by atoms with Crippen LogP contribution in [0.25, 0.3) is 0 Å². The SMILES string of the molecule is CO[C@H](CO)[C@H](C)Cn1ccnc1. The first-order valence-corrected chi connectivity index (χ1v) is 4.37. The number of rotatable bonds is 5. The molecule has 0 unspecified atom stereocenters. The lowest BCUT2D eigenvalue weighted by atomic mass is 10.1. The van der Waals surface area contributed by atoms with Crippen molar-refractivity contribution in [3.05, 3.63) is 18.7 Å². The van der Waals surface area contributed by atoms with Crippen LogP contribution in [0.4, 0.5) is 0 Å². The minimum Gasteiger partial charge on any atom is -0.394 e. The Bertz CT molecular complexity index is 220. The lowest BCUT2D eigenvalue weighted by molar-refractivity contribution is 0.00797. The van der Waals surface area contributed by atoms with Crippen LogP contribution in [-0.4, -0.2) is 34.5 Å². The van der Waals surface area contributed by atoms with Crippen LogP contribution in [0.2, 0.25) is 0 Å². The topological polar surface area (TPSA) is 47.3 Å². The highest BCUT2D eigenvalue weighted by Gasteiger charge is 2.15. The van der Waals surface area contributed by atoms with Gasteiger partial charge in [-0.2, -0.15) is 0 Å². The van der Waals surface area contributed by atoms with E-state index in [1.54, 1.807) is 19.6 Å². The third-order valence-corrected chi connectivity index (χ3v) is 2.18. The molecule has 1 N–H and O–H groups in total. The molecule has 0 aliphatic carbocycles. The molecule has 0 saturated heterocycles. The number of aromatic nitrogens is 2. The highest BCUT2D eigenvalue weighted by atomic mass is 16.5. The van der Waals surface area contributed by atoms with Gasteiger partial charge in [0, 0.05) is 32.0 Å². The standard InChI is InChI=1S/C9H16N2O2/c1-8(9(6-12)13-2)5-11-4-3-10-7-11/h3-4,7-9,12H,5-6H2,1-2H3/t8-,9-/m1/s1. The van der Waals surface area contributed by atoms with Crippen LogP contribution in [0.5, 0.6) is 0 Å². The Hall–Kier alpha value is -0.870. The average molecular weight is 184 g/mol. The maximum absolute atomic E-state index is 8.98. The van der Waals surface area contributed by atoms with E-state index in [4.69, 9.17) is 9.84 Å². The summed E-state index contributed by atoms with van der Waals surface area (Å²) in [6, 6.07) is 0. The first kappa shape index (κ1) is 10.2. The minimum absolute atomic E-state index is 0.0619. The molecule has 74 valence electrons. The Balaban J connectivity index is 2.44. The molecule has 0 radical (unpaired) electrons. The number of nitrogens with zero attached hydrogens (tertiary/aromatic N) is 2. The van der Waals surface area contributed by atoms with Crippen molar-refractivity contribution in [3.63, 3.8) is 0 Å². The fourth-order valence-electron chi connectivity index (χ4n) is 1.33. The van der Waals surface area contributed by atoms with E-state index in [0.717, 1.165) is 6.54 Å². The number of hydrogen-bond acceptors (Lipinski definition) is 3. The molecule has 0 fully saturated rings. The van der Waals surface area contributed by atoms with Crippen LogP contribution in [0.1, 0.15) is 6.92 Å². The lowest BCUT2D eigenvalue weighted by Crippen LogP contribution is -2.27. The van der Waals surface area contributed by atoms with Crippen molar-refractivity contribution >= 4 is 0 Å². The summed E-state index contributed by atoms with van der Waals surface area (Å²) in [6.07, 6.45) is 5.32. The Labute approximate surface area is 78.2 Å². The van der Waals surface area contributed by atoms with Gasteiger partial charge in [-0.1, -0.05) is 6.92 Å². The summed E-state index contributed by atoms with van der Waals surface area (Å²) >= 11 is 0. The molecule has 2 atom stereocenters. The highest BCUT2D eigenvalue weighted by molar-refractivity contribution is 4.76. The van der Waals surface area contributed by atoms with Crippen LogP contribution in [0.3, 0.4) is 0 Å². The first-order valence-electron chi connectivity index (χ1n) is 4.37. The molecule has 1 aromatic heterocycles. The van der Waals surface area contributed by atoms with E-state index >= 15 is 0 Å². The van der Waals surface area contributed by atoms with Gasteiger partial charge in [-0.15, -0.1) is 0 Å². The van der Waals surface area contributed by atoms with Crippen molar-refractivity contribution in [2.24, 2.45) is 5.92 Å². The zero-order chi connectivity index (χ0) is 9.68. The Morgan fingerprint density at radius 3 is 2.85 bits per heavy atom. The predicted molar refractivity (Wildman–Crippen MR) is 49.3 cm³/mol. The van der Waals surface area contributed by atoms with Gasteiger partial charge in [0.15, 0.2) is 0 Å². The van der Waals surface area contributed by atoms with E-state index in [-0.39, 0.29) is 18.6 Å². The van der Waals surface area contributed by atoms with Gasteiger partial charge in [0.25, 0.3) is 0 Å². The van der Waals surface area contributed by atoms with Crippen LogP contribution in [0, 0.1) is 5.92 Å². The van der Waals surface area contributed by atoms with E-state index in [1.165, 1.54) is 0 Å². The molecule has 0 bridgehead atoms. The summed E-state index contributed by atoms with van der Waals surface area (Å²) in [6.45, 7) is 2.93. The van der Waals surface area contributed by atoms with E-state index in [2.05, 4.69) is 4.98 Å². The van der Waals surface area contributed by atoms with Crippen LogP contribution < -0.4 is 0 Å². The van der Waals surface area contributed by atoms with Crippen LogP contribution in [0.15, 0.2) is 18.7 Å². The first-order chi connectivity index (χ1) is 6.27. The van der Waals surface area contributed by atoms with Crippen molar-refractivity contribution < 1.29 is 9.84 Å². The molecule has 0 aliphatic heterocycles. The van der Waals surface area contributed by atoms with E-state index < -0.39 is 0 Å². The molecule has 0 saturated carbocycles. The molecule has 4 heteroatoms. The second-order valence-corrected chi connectivity index (χ2v) is 3.19. The van der Waals surface area contributed by atoms with Gasteiger partial charge in [-0.25, -0.2) is 4.98 Å². The monoisotopic (exact) mass is 184 g/mol. The van der Waals surface area contributed by atoms with E-state index in [1.807, 2.05) is 17.7 Å². The van der Waals surface area contributed by atoms with Crippen molar-refractivity contribution in [2.45, 2.75) is 19.6 Å². The molecule has 0 amide bonds. The molecule has 0 aromatic carbocycles. The second-order valence-electron chi connectivity index (χ2n) is 3.19. The lowest BCUT2D eigenvalue weighted by Gasteiger charge is -2.20. The molecule has 13 heavy (non-hydrogen) atoms. The van der Waals surface area contributed by atoms with Gasteiger partial charge in [0.2, 0.25) is 0 Å². The summed E-state index contributed by atoms with van der Waals surface area (Å²) in [4.78, 5) is 3.95. The fraction of sp³-hybridized carbons (Fsp3) is 0.667. The maximum Gasteiger partial charge on any atom is 0.0946 e. The third-order valence-electron chi connectivity index (χ3n) is 2.18. The van der Waals surface area contributed by atoms with Gasteiger partial charge >= 0.3 is 0 Å².